The molecule has 0 heterocycles. The van der Waals surface area contributed by atoms with Gasteiger partial charge in [0, 0.05) is 6.54 Å². The zero-order valence-electron chi connectivity index (χ0n) is 12.7. The molecule has 1 aromatic carbocycles. The van der Waals surface area contributed by atoms with Crippen LogP contribution in [0.3, 0.4) is 0 Å². The first-order valence-electron chi connectivity index (χ1n) is 7.55. The lowest BCUT2D eigenvalue weighted by Gasteiger charge is -2.27. The van der Waals surface area contributed by atoms with Crippen LogP contribution >= 0.6 is 0 Å². The first-order valence-corrected chi connectivity index (χ1v) is 7.55. The highest BCUT2D eigenvalue weighted by Gasteiger charge is 2.35. The van der Waals surface area contributed by atoms with Crippen LogP contribution in [-0.2, 0) is 16.1 Å². The van der Waals surface area contributed by atoms with Crippen LogP contribution in [0.15, 0.2) is 18.2 Å². The topological polar surface area (TPSA) is 66.4 Å². The predicted molar refractivity (Wildman–Crippen MR) is 80.8 cm³/mol. The van der Waals surface area contributed by atoms with Crippen molar-refractivity contribution in [3.05, 3.63) is 34.9 Å². The molecule has 1 aromatic rings. The largest absolute Gasteiger partial charge is 0.481 e. The molecule has 4 nitrogen and oxygen atoms in total. The molecule has 1 aliphatic carbocycles. The standard InChI is InChI=1S/C17H23NO3/c1-11-7-8-12(2)13(9-11)10-18-16(19)14-5-3-4-6-15(14)17(20)21/h7-9,14-15H,3-6,10H2,1-2H3,(H,18,19)(H,20,21)/t14-,15-/m0/s1. The van der Waals surface area contributed by atoms with Gasteiger partial charge in [0.2, 0.25) is 5.91 Å². The van der Waals surface area contributed by atoms with Crippen molar-refractivity contribution in [2.24, 2.45) is 11.8 Å². The van der Waals surface area contributed by atoms with Crippen molar-refractivity contribution in [2.75, 3.05) is 0 Å². The van der Waals surface area contributed by atoms with Crippen molar-refractivity contribution in [2.45, 2.75) is 46.1 Å². The maximum absolute atomic E-state index is 12.3. The van der Waals surface area contributed by atoms with Crippen molar-refractivity contribution >= 4 is 11.9 Å². The monoisotopic (exact) mass is 289 g/mol. The van der Waals surface area contributed by atoms with E-state index < -0.39 is 11.9 Å². The van der Waals surface area contributed by atoms with E-state index in [1.165, 1.54) is 0 Å². The molecule has 0 bridgehead atoms. The molecule has 1 amide bonds. The van der Waals surface area contributed by atoms with Crippen LogP contribution in [0.5, 0.6) is 0 Å². The number of nitrogens with one attached hydrogen (secondary N) is 1. The van der Waals surface area contributed by atoms with Crippen molar-refractivity contribution in [3.63, 3.8) is 0 Å². The maximum atomic E-state index is 12.3. The highest BCUT2D eigenvalue weighted by atomic mass is 16.4. The summed E-state index contributed by atoms with van der Waals surface area (Å²) in [5, 5.41) is 12.2. The summed E-state index contributed by atoms with van der Waals surface area (Å²) in [6.07, 6.45) is 3.12. The summed E-state index contributed by atoms with van der Waals surface area (Å²) in [5.74, 6) is -1.89. The summed E-state index contributed by atoms with van der Waals surface area (Å²) in [6, 6.07) is 6.14. The lowest BCUT2D eigenvalue weighted by atomic mass is 9.78. The number of carboxylic acids is 1. The minimum absolute atomic E-state index is 0.122. The van der Waals surface area contributed by atoms with Gasteiger partial charge >= 0.3 is 5.97 Å². The number of amides is 1. The number of carboxylic acid groups (broad SMARTS) is 1. The summed E-state index contributed by atoms with van der Waals surface area (Å²) in [4.78, 5) is 23.6. The highest BCUT2D eigenvalue weighted by molar-refractivity contribution is 5.84. The summed E-state index contributed by atoms with van der Waals surface area (Å²) in [5.41, 5.74) is 3.39. The molecule has 1 fully saturated rings. The molecule has 0 aromatic heterocycles. The Kier molecular flexibility index (Phi) is 4.99. The molecule has 0 spiro atoms. The molecule has 4 heteroatoms. The average molecular weight is 289 g/mol. The lowest BCUT2D eigenvalue weighted by molar-refractivity contribution is -0.148. The summed E-state index contributed by atoms with van der Waals surface area (Å²) < 4.78 is 0. The third kappa shape index (κ3) is 3.84. The van der Waals surface area contributed by atoms with Crippen LogP contribution in [-0.4, -0.2) is 17.0 Å². The molecule has 0 unspecified atom stereocenters. The fourth-order valence-corrected chi connectivity index (χ4v) is 3.04. The van der Waals surface area contributed by atoms with Crippen LogP contribution in [0.1, 0.15) is 42.4 Å². The van der Waals surface area contributed by atoms with E-state index in [0.29, 0.717) is 19.4 Å². The number of aryl methyl sites for hydroxylation is 2. The van der Waals surface area contributed by atoms with Crippen molar-refractivity contribution in [3.8, 4) is 0 Å². The Hall–Kier alpha value is -1.84. The molecule has 2 rings (SSSR count). The van der Waals surface area contributed by atoms with E-state index in [1.807, 2.05) is 26.0 Å². The minimum atomic E-state index is -0.846. The molecule has 2 atom stereocenters. The second-order valence-corrected chi connectivity index (χ2v) is 5.98. The lowest BCUT2D eigenvalue weighted by Crippen LogP contribution is -2.39. The van der Waals surface area contributed by atoms with Crippen molar-refractivity contribution in [1.82, 2.24) is 5.32 Å². The molecular formula is C17H23NO3. The Balaban J connectivity index is 2.00. The van der Waals surface area contributed by atoms with E-state index in [4.69, 9.17) is 0 Å². The van der Waals surface area contributed by atoms with Gasteiger partial charge in [-0.25, -0.2) is 0 Å². The molecule has 2 N–H and O–H groups in total. The van der Waals surface area contributed by atoms with Gasteiger partial charge in [0.1, 0.15) is 0 Å². The van der Waals surface area contributed by atoms with Gasteiger partial charge in [0.15, 0.2) is 0 Å². The number of rotatable bonds is 4. The molecule has 1 aliphatic rings. The van der Waals surface area contributed by atoms with Gasteiger partial charge in [-0.05, 0) is 37.8 Å². The first-order chi connectivity index (χ1) is 9.99. The van der Waals surface area contributed by atoms with Gasteiger partial charge < -0.3 is 10.4 Å². The highest BCUT2D eigenvalue weighted by Crippen LogP contribution is 2.30. The summed E-state index contributed by atoms with van der Waals surface area (Å²) in [7, 11) is 0. The second kappa shape index (κ2) is 6.74. The Morgan fingerprint density at radius 1 is 1.19 bits per heavy atom. The SMILES string of the molecule is Cc1ccc(C)c(CNC(=O)[C@H]2CCCC[C@@H]2C(=O)O)c1. The third-order valence-corrected chi connectivity index (χ3v) is 4.38. The number of carbonyl (C=O) groups is 2. The summed E-state index contributed by atoms with van der Waals surface area (Å²) in [6.45, 7) is 4.50. The van der Waals surface area contributed by atoms with Gasteiger partial charge in [-0.3, -0.25) is 9.59 Å². The normalized spacial score (nSPS) is 21.8. The van der Waals surface area contributed by atoms with Gasteiger partial charge in [0.05, 0.1) is 11.8 Å². The molecular weight excluding hydrogens is 266 g/mol. The molecule has 0 saturated heterocycles. The fourth-order valence-electron chi connectivity index (χ4n) is 3.04. The maximum Gasteiger partial charge on any atom is 0.307 e. The fraction of sp³-hybridized carbons (Fsp3) is 0.529. The number of hydrogen-bond donors (Lipinski definition) is 2. The average Bonchev–Trinajstić information content (AvgIpc) is 2.47. The van der Waals surface area contributed by atoms with E-state index >= 15 is 0 Å². The van der Waals surface area contributed by atoms with E-state index in [2.05, 4.69) is 11.4 Å². The van der Waals surface area contributed by atoms with Gasteiger partial charge in [-0.1, -0.05) is 36.6 Å². The Morgan fingerprint density at radius 3 is 2.52 bits per heavy atom. The Morgan fingerprint density at radius 2 is 1.86 bits per heavy atom. The zero-order valence-corrected chi connectivity index (χ0v) is 12.7. The van der Waals surface area contributed by atoms with Crippen LogP contribution in [0.25, 0.3) is 0 Å². The van der Waals surface area contributed by atoms with Crippen LogP contribution in [0.4, 0.5) is 0 Å². The van der Waals surface area contributed by atoms with E-state index in [1.54, 1.807) is 0 Å². The van der Waals surface area contributed by atoms with E-state index in [9.17, 15) is 14.7 Å². The smallest absolute Gasteiger partial charge is 0.307 e. The van der Waals surface area contributed by atoms with Crippen LogP contribution in [0.2, 0.25) is 0 Å². The number of carbonyl (C=O) groups excluding carboxylic acids is 1. The molecule has 1 saturated carbocycles. The number of aliphatic carboxylic acids is 1. The van der Waals surface area contributed by atoms with Gasteiger partial charge in [-0.15, -0.1) is 0 Å². The number of hydrogen-bond acceptors (Lipinski definition) is 2. The van der Waals surface area contributed by atoms with Gasteiger partial charge in [-0.2, -0.15) is 0 Å². The van der Waals surface area contributed by atoms with E-state index in [0.717, 1.165) is 29.5 Å². The van der Waals surface area contributed by atoms with Crippen molar-refractivity contribution in [1.29, 1.82) is 0 Å². The molecule has 114 valence electrons. The van der Waals surface area contributed by atoms with E-state index in [-0.39, 0.29) is 11.8 Å². The Labute approximate surface area is 125 Å². The Bertz CT molecular complexity index is 539. The van der Waals surface area contributed by atoms with Crippen LogP contribution in [0, 0.1) is 25.7 Å². The van der Waals surface area contributed by atoms with Crippen molar-refractivity contribution < 1.29 is 14.7 Å². The number of benzene rings is 1. The van der Waals surface area contributed by atoms with Crippen LogP contribution < -0.4 is 5.32 Å². The predicted octanol–water partition coefficient (Wildman–Crippen LogP) is 2.81. The quantitative estimate of drug-likeness (QED) is 0.895. The zero-order chi connectivity index (χ0) is 15.4. The third-order valence-electron chi connectivity index (χ3n) is 4.38. The first kappa shape index (κ1) is 15.5. The second-order valence-electron chi connectivity index (χ2n) is 5.98. The molecule has 0 radical (unpaired) electrons. The van der Waals surface area contributed by atoms with Gasteiger partial charge in [0.25, 0.3) is 0 Å². The molecule has 21 heavy (non-hydrogen) atoms. The minimum Gasteiger partial charge on any atom is -0.481 e. The summed E-state index contributed by atoms with van der Waals surface area (Å²) >= 11 is 0. The molecule has 0 aliphatic heterocycles.